The van der Waals surface area contributed by atoms with Crippen LogP contribution < -0.4 is 10.9 Å². The Hall–Kier alpha value is -10.4. The number of hydrogen-bond donors (Lipinski definition) is 2. The van der Waals surface area contributed by atoms with Crippen molar-refractivity contribution in [1.29, 1.82) is 0 Å². The Labute approximate surface area is 875 Å². The number of rotatable bonds is 12. The first-order valence-corrected chi connectivity index (χ1v) is 52.8. The first-order chi connectivity index (χ1) is 67.9. The highest BCUT2D eigenvalue weighted by Gasteiger charge is 2.55. The van der Waals surface area contributed by atoms with Gasteiger partial charge in [0.25, 0.3) is 0 Å². The van der Waals surface area contributed by atoms with Gasteiger partial charge in [-0.15, -0.1) is 45.3 Å². The van der Waals surface area contributed by atoms with Gasteiger partial charge in [-0.1, -0.05) is 336 Å². The monoisotopic (exact) mass is 2070 g/mol. The van der Waals surface area contributed by atoms with E-state index in [-0.39, 0.29) is 45.8 Å². The summed E-state index contributed by atoms with van der Waals surface area (Å²) >= 11 is 29.6. The van der Waals surface area contributed by atoms with Crippen LogP contribution in [0.15, 0.2) is 381 Å². The molecule has 16 aromatic carbocycles. The van der Waals surface area contributed by atoms with Gasteiger partial charge in [0, 0.05) is 129 Å². The van der Waals surface area contributed by atoms with Crippen molar-refractivity contribution in [1.82, 2.24) is 0 Å². The van der Waals surface area contributed by atoms with Crippen LogP contribution in [0.1, 0.15) is 111 Å². The van der Waals surface area contributed by atoms with E-state index in [1.54, 1.807) is 35.6 Å². The molecule has 0 unspecified atom stereocenters. The van der Waals surface area contributed by atoms with Crippen LogP contribution in [0.4, 0.5) is 0 Å². The highest BCUT2D eigenvalue weighted by Crippen LogP contribution is 2.48. The predicted molar refractivity (Wildman–Crippen MR) is 616 cm³/mol. The fourth-order valence-electron chi connectivity index (χ4n) is 16.5. The molecular formula is C120H114B4BrCl3O10S4. The second-order valence-electron chi connectivity index (χ2n) is 38.6. The lowest BCUT2D eigenvalue weighted by Gasteiger charge is -2.32. The first-order valence-electron chi connectivity index (χ1n) is 47.7. The Morgan fingerprint density at radius 2 is 0.549 bits per heavy atom. The molecule has 0 aliphatic carbocycles. The van der Waals surface area contributed by atoms with Gasteiger partial charge in [0.2, 0.25) is 0 Å². The average molecular weight is 2070 g/mol. The molecule has 0 spiro atoms. The van der Waals surface area contributed by atoms with Crippen LogP contribution in [0.3, 0.4) is 0 Å². The molecular weight excluding hydrogens is 1960 g/mol. The summed E-state index contributed by atoms with van der Waals surface area (Å²) in [5.41, 5.74) is 14.6. The lowest BCUT2D eigenvalue weighted by Crippen LogP contribution is -2.41. The highest BCUT2D eigenvalue weighted by molar-refractivity contribution is 9.10. The molecule has 3 saturated heterocycles. The average Bonchev–Trinajstić information content (AvgIpc) is 1.59. The van der Waals surface area contributed by atoms with Crippen molar-refractivity contribution < 1.29 is 47.3 Å². The topological polar surface area (TPSA) is 114 Å². The van der Waals surface area contributed by atoms with Crippen molar-refractivity contribution >= 4 is 217 Å². The fourth-order valence-corrected chi connectivity index (χ4v) is 22.1. The van der Waals surface area contributed by atoms with Crippen molar-refractivity contribution in [2.24, 2.45) is 0 Å². The molecule has 3 fully saturated rings. The van der Waals surface area contributed by atoms with Crippen LogP contribution >= 0.6 is 96.1 Å². The van der Waals surface area contributed by atoms with E-state index in [2.05, 4.69) is 353 Å². The van der Waals surface area contributed by atoms with Crippen LogP contribution in [0.2, 0.25) is 15.1 Å². The minimum atomic E-state index is -1.34. The lowest BCUT2D eigenvalue weighted by molar-refractivity contribution is 0.00578. The normalized spacial score (nSPS) is 15.0. The molecule has 0 bridgehead atoms. The molecule has 142 heavy (non-hydrogen) atoms. The van der Waals surface area contributed by atoms with Crippen molar-refractivity contribution in [3.63, 3.8) is 0 Å². The molecule has 10 nitrogen and oxygen atoms in total. The summed E-state index contributed by atoms with van der Waals surface area (Å²) < 4.78 is 57.3. The van der Waals surface area contributed by atoms with E-state index in [4.69, 9.17) is 82.1 Å². The third kappa shape index (κ3) is 24.9. The minimum Gasteiger partial charge on any atom is -0.423 e. The molecule has 22 heteroatoms. The number of halogens is 4. The smallest absolute Gasteiger partial charge is 0.423 e. The van der Waals surface area contributed by atoms with Gasteiger partial charge < -0.3 is 47.3 Å². The summed E-state index contributed by atoms with van der Waals surface area (Å²) in [7, 11) is -2.78. The van der Waals surface area contributed by atoms with Gasteiger partial charge in [0.1, 0.15) is 0 Å². The molecule has 718 valence electrons. The maximum atomic E-state index is 8.58. The van der Waals surface area contributed by atoms with E-state index in [1.165, 1.54) is 147 Å². The minimum absolute atomic E-state index is 0.120. The fraction of sp³-hybridized carbons (Fsp3) is 0.200. The quantitative estimate of drug-likeness (QED) is 0.115. The zero-order valence-electron chi connectivity index (χ0n) is 82.6. The van der Waals surface area contributed by atoms with Crippen LogP contribution in [-0.4, -0.2) is 84.7 Å². The van der Waals surface area contributed by atoms with Gasteiger partial charge in [0.05, 0.1) is 33.6 Å². The van der Waals surface area contributed by atoms with E-state index in [0.29, 0.717) is 10.5 Å². The van der Waals surface area contributed by atoms with Crippen molar-refractivity contribution in [3.05, 3.63) is 396 Å². The summed E-state index contributed by atoms with van der Waals surface area (Å²) in [5.74, 6) is 0. The lowest BCUT2D eigenvalue weighted by atomic mass is 9.78. The number of benzene rings is 16. The second-order valence-corrected chi connectivity index (χ2v) is 45.1. The third-order valence-corrected chi connectivity index (χ3v) is 32.3. The second kappa shape index (κ2) is 45.5. The number of fused-ring (bicyclic) bond motifs is 12. The summed E-state index contributed by atoms with van der Waals surface area (Å²) in [4.78, 5) is 0. The zero-order valence-corrected chi connectivity index (χ0v) is 89.7. The van der Waals surface area contributed by atoms with Gasteiger partial charge >= 0.3 is 28.9 Å². The summed E-state index contributed by atoms with van der Waals surface area (Å²) in [6.07, 6.45) is 0.240. The Bertz CT molecular complexity index is 7570. The van der Waals surface area contributed by atoms with Crippen LogP contribution in [0.5, 0.6) is 0 Å². The van der Waals surface area contributed by atoms with E-state index < -0.39 is 28.9 Å². The van der Waals surface area contributed by atoms with Gasteiger partial charge in [0.15, 0.2) is 0 Å². The van der Waals surface area contributed by atoms with E-state index in [9.17, 15) is 0 Å². The largest absolute Gasteiger partial charge is 0.640 e. The Kier molecular flexibility index (Phi) is 33.5. The van der Waals surface area contributed by atoms with Crippen LogP contribution in [0.25, 0.3) is 147 Å². The van der Waals surface area contributed by atoms with Gasteiger partial charge in [-0.05, 0) is 263 Å². The SMILES string of the molecule is Brc1ccc(-c2ccccc2)cc1.CC(C)OB1OC(C)(C)C(C)(C)O1.CC(C)OB1OC(C)(C)C(C)(C)O1.CC1(C)OB(c2cc(Cl)cc3c2sc2ccccc23)OC1(C)C.Clc1cc(-c2ccc(-c3ccccc3)cc2)c2sc3ccccc3c2c1.Clc1ccc2sc3ccccc3c2c1.OB(O)c1ccccc1.c1ccc(-c2ccc(-c3cc(-c4ccccc4)cc4c3sc3ccccc34)cc2)cc1. The van der Waals surface area contributed by atoms with Crippen LogP contribution in [-0.2, 0) is 37.2 Å². The molecule has 0 atom stereocenters. The van der Waals surface area contributed by atoms with Crippen molar-refractivity contribution in [2.45, 2.75) is 157 Å². The molecule has 4 aromatic heterocycles. The molecule has 20 aromatic rings. The molecule has 3 aliphatic heterocycles. The highest BCUT2D eigenvalue weighted by atomic mass is 79.9. The summed E-state index contributed by atoms with van der Waals surface area (Å²) in [6, 6.07) is 130. The predicted octanol–water partition coefficient (Wildman–Crippen LogP) is 34.3. The molecule has 0 saturated carbocycles. The number of hydrogen-bond acceptors (Lipinski definition) is 14. The Morgan fingerprint density at radius 3 is 0.930 bits per heavy atom. The molecule has 2 N–H and O–H groups in total. The zero-order chi connectivity index (χ0) is 100. The first kappa shape index (κ1) is 104. The Balaban J connectivity index is 0.000000120. The van der Waals surface area contributed by atoms with Crippen molar-refractivity contribution in [3.8, 4) is 66.8 Å². The van der Waals surface area contributed by atoms with Gasteiger partial charge in [-0.2, -0.15) is 0 Å². The maximum Gasteiger partial charge on any atom is 0.640 e. The standard InChI is InChI=1S/C30H20S.C24H15ClS.C18H18BClO2S.C12H9Br.C12H7ClS.2C9H19BO3.C6H7BO2/c1-3-9-21(10-4-1)23-15-17-24(18-16-23)27-19-25(22-11-5-2-6-12-22)20-28-26-13-7-8-14-29(26)31-30(27)28;25-19-14-21(24-22(15-19)20-8-4-5-9-23(20)26-24)18-12-10-17(11-13-18)16-6-2-1-3-7-16;1-17(2)18(3,4)22-19(21-17)14-10-11(20)9-13-12-7-5-6-8-15(12)23-16(13)14;13-12-8-6-11(7-9-12)10-4-2-1-3-5-10;13-8-5-6-12-10(7-8)9-3-1-2-4-11(9)14-12;2*1-7(2)11-10-12-8(3,4)9(5,6)13-10;8-7(9)6-4-2-1-3-5-6/h1-20H;1-15H;5-10H,1-4H3;1-9H;1-7H;2*7H,1-6H3;1-5,8-9H. The molecule has 23 rings (SSSR count). The summed E-state index contributed by atoms with van der Waals surface area (Å²) in [6.45, 7) is 32.2. The Morgan fingerprint density at radius 1 is 0.268 bits per heavy atom. The van der Waals surface area contributed by atoms with Gasteiger partial charge in [-0.3, -0.25) is 0 Å². The van der Waals surface area contributed by atoms with E-state index >= 15 is 0 Å². The molecule has 3 aliphatic rings. The van der Waals surface area contributed by atoms with Crippen molar-refractivity contribution in [2.75, 3.05) is 0 Å². The molecule has 0 amide bonds. The van der Waals surface area contributed by atoms with E-state index in [0.717, 1.165) is 20.0 Å². The molecule has 7 heterocycles. The van der Waals surface area contributed by atoms with Crippen LogP contribution in [0, 0.1) is 0 Å². The number of thiophene rings is 4. The molecule has 0 radical (unpaired) electrons. The maximum absolute atomic E-state index is 8.58. The van der Waals surface area contributed by atoms with Gasteiger partial charge in [-0.25, -0.2) is 0 Å². The van der Waals surface area contributed by atoms with E-state index in [1.807, 2.05) is 160 Å². The third-order valence-electron chi connectivity index (χ3n) is 26.2. The summed E-state index contributed by atoms with van der Waals surface area (Å²) in [5, 5.41) is 29.6.